The van der Waals surface area contributed by atoms with Gasteiger partial charge in [0.15, 0.2) is 0 Å². The average molecular weight is 205 g/mol. The predicted octanol–water partition coefficient (Wildman–Crippen LogP) is 2.67. The molecule has 0 atom stereocenters. The van der Waals surface area contributed by atoms with Crippen LogP contribution in [0, 0.1) is 0 Å². The number of rotatable bonds is 2. The van der Waals surface area contributed by atoms with Crippen LogP contribution in [0.1, 0.15) is 17.5 Å². The highest BCUT2D eigenvalue weighted by Gasteiger charge is 2.06. The summed E-state index contributed by atoms with van der Waals surface area (Å²) < 4.78 is 0. The smallest absolute Gasteiger partial charge is 0.0178 e. The van der Waals surface area contributed by atoms with Crippen molar-refractivity contribution < 1.29 is 0 Å². The van der Waals surface area contributed by atoms with Gasteiger partial charge in [0.1, 0.15) is 0 Å². The van der Waals surface area contributed by atoms with Gasteiger partial charge in [-0.15, -0.1) is 0 Å². The first-order valence-electron chi connectivity index (χ1n) is 4.96. The van der Waals surface area contributed by atoms with Crippen molar-refractivity contribution >= 4 is 17.3 Å². The Labute approximate surface area is 89.4 Å². The molecule has 0 saturated heterocycles. The summed E-state index contributed by atoms with van der Waals surface area (Å²) in [6.45, 7) is 0.635. The second kappa shape index (κ2) is 4.67. The first kappa shape index (κ1) is 9.81. The number of nitrogens with two attached hydrogens (primary N) is 1. The monoisotopic (exact) mass is 205 g/mol. The summed E-state index contributed by atoms with van der Waals surface area (Å²) >= 11 is 2.00. The summed E-state index contributed by atoms with van der Waals surface area (Å²) in [5.41, 5.74) is 9.69. The van der Waals surface area contributed by atoms with Crippen LogP contribution in [-0.2, 0) is 6.54 Å². The normalized spacial score (nSPS) is 16.5. The topological polar surface area (TPSA) is 26.0 Å². The van der Waals surface area contributed by atoms with Crippen molar-refractivity contribution in [3.05, 3.63) is 41.5 Å². The Balaban J connectivity index is 2.26. The van der Waals surface area contributed by atoms with Crippen molar-refractivity contribution in [2.45, 2.75) is 13.0 Å². The number of allylic oxidation sites excluding steroid dienone is 1. The quantitative estimate of drug-likeness (QED) is 0.803. The molecule has 1 aliphatic rings. The Morgan fingerprint density at radius 1 is 1.36 bits per heavy atom. The van der Waals surface area contributed by atoms with Crippen LogP contribution in [0.4, 0.5) is 0 Å². The molecule has 1 aromatic rings. The zero-order chi connectivity index (χ0) is 9.80. The summed E-state index contributed by atoms with van der Waals surface area (Å²) in [7, 11) is 0. The van der Waals surface area contributed by atoms with E-state index in [4.69, 9.17) is 5.73 Å². The highest BCUT2D eigenvalue weighted by molar-refractivity contribution is 7.99. The van der Waals surface area contributed by atoms with Crippen molar-refractivity contribution in [3.63, 3.8) is 0 Å². The molecule has 1 nitrogen and oxygen atoms in total. The van der Waals surface area contributed by atoms with Crippen molar-refractivity contribution in [2.75, 3.05) is 11.5 Å². The molecule has 0 amide bonds. The van der Waals surface area contributed by atoms with Gasteiger partial charge in [-0.3, -0.25) is 0 Å². The SMILES string of the molecule is NCc1cccc(C2=CCSCC2)c1. The van der Waals surface area contributed by atoms with E-state index >= 15 is 0 Å². The average Bonchev–Trinajstić information content (AvgIpc) is 2.30. The third-order valence-electron chi connectivity index (χ3n) is 2.50. The van der Waals surface area contributed by atoms with Crippen LogP contribution in [0.5, 0.6) is 0 Å². The van der Waals surface area contributed by atoms with Gasteiger partial charge in [0, 0.05) is 12.3 Å². The van der Waals surface area contributed by atoms with Gasteiger partial charge in [-0.25, -0.2) is 0 Å². The molecule has 0 radical (unpaired) electrons. The van der Waals surface area contributed by atoms with E-state index < -0.39 is 0 Å². The van der Waals surface area contributed by atoms with Crippen LogP contribution in [-0.4, -0.2) is 11.5 Å². The van der Waals surface area contributed by atoms with E-state index in [-0.39, 0.29) is 0 Å². The lowest BCUT2D eigenvalue weighted by molar-refractivity contribution is 1.07. The van der Waals surface area contributed by atoms with Gasteiger partial charge in [0.25, 0.3) is 0 Å². The maximum absolute atomic E-state index is 5.62. The molecule has 0 aliphatic carbocycles. The number of hydrogen-bond acceptors (Lipinski definition) is 2. The van der Waals surface area contributed by atoms with Gasteiger partial charge in [-0.1, -0.05) is 30.3 Å². The molecule has 0 aromatic heterocycles. The largest absolute Gasteiger partial charge is 0.326 e. The molecular formula is C12H15NS. The van der Waals surface area contributed by atoms with Crippen LogP contribution in [0.25, 0.3) is 5.57 Å². The molecule has 1 heterocycles. The first-order chi connectivity index (χ1) is 6.90. The van der Waals surface area contributed by atoms with E-state index in [1.165, 1.54) is 28.9 Å². The number of benzene rings is 1. The van der Waals surface area contributed by atoms with Gasteiger partial charge >= 0.3 is 0 Å². The highest BCUT2D eigenvalue weighted by Crippen LogP contribution is 2.26. The van der Waals surface area contributed by atoms with Crippen LogP contribution in [0.15, 0.2) is 30.3 Å². The van der Waals surface area contributed by atoms with E-state index in [1.54, 1.807) is 0 Å². The van der Waals surface area contributed by atoms with Crippen LogP contribution < -0.4 is 5.73 Å². The predicted molar refractivity (Wildman–Crippen MR) is 64.3 cm³/mol. The zero-order valence-electron chi connectivity index (χ0n) is 8.20. The Bertz CT molecular complexity index is 344. The Morgan fingerprint density at radius 3 is 3.00 bits per heavy atom. The maximum Gasteiger partial charge on any atom is 0.0178 e. The third-order valence-corrected chi connectivity index (χ3v) is 3.39. The molecule has 74 valence electrons. The van der Waals surface area contributed by atoms with Crippen molar-refractivity contribution in [1.82, 2.24) is 0 Å². The van der Waals surface area contributed by atoms with Crippen LogP contribution >= 0.6 is 11.8 Å². The molecule has 0 saturated carbocycles. The van der Waals surface area contributed by atoms with E-state index in [2.05, 4.69) is 30.3 Å². The number of hydrogen-bond donors (Lipinski definition) is 1. The fraction of sp³-hybridized carbons (Fsp3) is 0.333. The van der Waals surface area contributed by atoms with Crippen molar-refractivity contribution in [1.29, 1.82) is 0 Å². The minimum Gasteiger partial charge on any atom is -0.326 e. The standard InChI is InChI=1S/C12H15NS/c13-9-10-2-1-3-12(8-10)11-4-6-14-7-5-11/h1-4,8H,5-7,9,13H2. The molecule has 2 N–H and O–H groups in total. The van der Waals surface area contributed by atoms with E-state index in [9.17, 15) is 0 Å². The van der Waals surface area contributed by atoms with E-state index in [0.29, 0.717) is 6.54 Å². The third kappa shape index (κ3) is 2.20. The summed E-state index contributed by atoms with van der Waals surface area (Å²) in [6, 6.07) is 8.57. The van der Waals surface area contributed by atoms with Gasteiger partial charge in [0.05, 0.1) is 0 Å². The molecule has 1 aliphatic heterocycles. The fourth-order valence-electron chi connectivity index (χ4n) is 1.69. The molecule has 0 unspecified atom stereocenters. The number of thioether (sulfide) groups is 1. The molecule has 14 heavy (non-hydrogen) atoms. The van der Waals surface area contributed by atoms with E-state index in [1.807, 2.05) is 11.8 Å². The molecule has 0 spiro atoms. The summed E-state index contributed by atoms with van der Waals surface area (Å²) in [5, 5.41) is 0. The molecule has 1 aromatic carbocycles. The second-order valence-corrected chi connectivity index (χ2v) is 4.61. The first-order valence-corrected chi connectivity index (χ1v) is 6.12. The zero-order valence-corrected chi connectivity index (χ0v) is 9.02. The Morgan fingerprint density at radius 2 is 2.29 bits per heavy atom. The van der Waals surface area contributed by atoms with Gasteiger partial charge < -0.3 is 5.73 Å². The highest BCUT2D eigenvalue weighted by atomic mass is 32.2. The minimum atomic E-state index is 0.635. The van der Waals surface area contributed by atoms with Gasteiger partial charge in [-0.05, 0) is 28.9 Å². The molecule has 0 bridgehead atoms. The summed E-state index contributed by atoms with van der Waals surface area (Å²) in [6.07, 6.45) is 3.53. The van der Waals surface area contributed by atoms with Crippen LogP contribution in [0.2, 0.25) is 0 Å². The molecule has 2 rings (SSSR count). The lowest BCUT2D eigenvalue weighted by Gasteiger charge is -2.13. The molecule has 2 heteroatoms. The van der Waals surface area contributed by atoms with Gasteiger partial charge in [0.2, 0.25) is 0 Å². The summed E-state index contributed by atoms with van der Waals surface area (Å²) in [5.74, 6) is 2.40. The minimum absolute atomic E-state index is 0.635. The lowest BCUT2D eigenvalue weighted by atomic mass is 10.0. The fourth-order valence-corrected chi connectivity index (χ4v) is 2.54. The molecule has 0 fully saturated rings. The maximum atomic E-state index is 5.62. The molecular weight excluding hydrogens is 190 g/mol. The Kier molecular flexibility index (Phi) is 3.27. The van der Waals surface area contributed by atoms with Gasteiger partial charge in [-0.2, -0.15) is 11.8 Å². The van der Waals surface area contributed by atoms with Crippen molar-refractivity contribution in [3.8, 4) is 0 Å². The lowest BCUT2D eigenvalue weighted by Crippen LogP contribution is -1.99. The Hall–Kier alpha value is -0.730. The van der Waals surface area contributed by atoms with E-state index in [0.717, 1.165) is 5.75 Å². The summed E-state index contributed by atoms with van der Waals surface area (Å²) in [4.78, 5) is 0. The van der Waals surface area contributed by atoms with Crippen LogP contribution in [0.3, 0.4) is 0 Å². The second-order valence-electron chi connectivity index (χ2n) is 3.46. The van der Waals surface area contributed by atoms with Crippen molar-refractivity contribution in [2.24, 2.45) is 5.73 Å².